The van der Waals surface area contributed by atoms with Crippen molar-refractivity contribution >= 4 is 50.1 Å². The van der Waals surface area contributed by atoms with Crippen LogP contribution in [0.5, 0.6) is 5.75 Å². The Morgan fingerprint density at radius 3 is 2.60 bits per heavy atom. The number of esters is 1. The number of hydrogen-bond donors (Lipinski definition) is 0. The molecule has 1 aromatic heterocycles. The molecule has 0 saturated heterocycles. The van der Waals surface area contributed by atoms with Gasteiger partial charge in [-0.15, -0.1) is 0 Å². The van der Waals surface area contributed by atoms with Crippen LogP contribution in [0.1, 0.15) is 10.4 Å². The van der Waals surface area contributed by atoms with Gasteiger partial charge >= 0.3 is 5.97 Å². The Morgan fingerprint density at radius 2 is 1.84 bits per heavy atom. The summed E-state index contributed by atoms with van der Waals surface area (Å²) < 4.78 is 10.3. The Balaban J connectivity index is 2.27. The summed E-state index contributed by atoms with van der Waals surface area (Å²) in [5.74, 6) is 0.271. The van der Waals surface area contributed by atoms with Gasteiger partial charge in [-0.05, 0) is 29.7 Å². The molecule has 0 fully saturated rings. The number of carbonyl (C=O) groups is 1. The monoisotopic (exact) mass is 351 g/mol. The van der Waals surface area contributed by atoms with Crippen LogP contribution in [0.15, 0.2) is 48.5 Å². The van der Waals surface area contributed by atoms with Crippen molar-refractivity contribution in [2.45, 2.75) is 0 Å². The second kappa shape index (κ2) is 5.90. The molecule has 0 radical (unpaired) electrons. The predicted molar refractivity (Wildman–Crippen MR) is 99.7 cm³/mol. The van der Waals surface area contributed by atoms with E-state index in [1.807, 2.05) is 42.5 Å². The number of fused-ring (bicyclic) bond motifs is 4. The first-order valence-electron chi connectivity index (χ1n) is 7.71. The summed E-state index contributed by atoms with van der Waals surface area (Å²) in [5, 5.41) is 3.62. The molecule has 0 amide bonds. The topological polar surface area (TPSA) is 48.4 Å². The zero-order valence-electron chi connectivity index (χ0n) is 13.7. The average molecular weight is 352 g/mol. The van der Waals surface area contributed by atoms with Crippen molar-refractivity contribution in [2.75, 3.05) is 14.2 Å². The standard InChI is InChI=1S/C20H14ClNO3/c1-24-12-8-7-11-9-15(20(23)25-2)17-18(21)13-5-3-4-6-16(13)22-19(17)14(11)10-12/h3-10H,1-2H3. The van der Waals surface area contributed by atoms with Gasteiger partial charge in [0.15, 0.2) is 0 Å². The molecule has 0 aliphatic rings. The zero-order chi connectivity index (χ0) is 17.6. The first-order chi connectivity index (χ1) is 12.1. The summed E-state index contributed by atoms with van der Waals surface area (Å²) in [4.78, 5) is 17.1. The molecule has 4 aromatic rings. The first-order valence-corrected chi connectivity index (χ1v) is 8.09. The lowest BCUT2D eigenvalue weighted by atomic mass is 9.99. The number of ether oxygens (including phenoxy) is 2. The number of methoxy groups -OCH3 is 2. The highest BCUT2D eigenvalue weighted by molar-refractivity contribution is 6.42. The smallest absolute Gasteiger partial charge is 0.338 e. The quantitative estimate of drug-likeness (QED) is 0.290. The maximum Gasteiger partial charge on any atom is 0.338 e. The number of benzene rings is 3. The van der Waals surface area contributed by atoms with E-state index in [-0.39, 0.29) is 0 Å². The van der Waals surface area contributed by atoms with Crippen LogP contribution in [0.2, 0.25) is 5.02 Å². The summed E-state index contributed by atoms with van der Waals surface area (Å²) in [6, 6.07) is 15.0. The molecule has 1 heterocycles. The maximum absolute atomic E-state index is 12.3. The highest BCUT2D eigenvalue weighted by Gasteiger charge is 2.19. The van der Waals surface area contributed by atoms with Crippen LogP contribution in [-0.4, -0.2) is 25.2 Å². The van der Waals surface area contributed by atoms with Crippen molar-refractivity contribution in [1.29, 1.82) is 0 Å². The lowest BCUT2D eigenvalue weighted by Gasteiger charge is -2.13. The molecule has 0 bridgehead atoms. The van der Waals surface area contributed by atoms with Gasteiger partial charge in [0.2, 0.25) is 0 Å². The van der Waals surface area contributed by atoms with Crippen molar-refractivity contribution in [3.05, 3.63) is 59.1 Å². The normalized spacial score (nSPS) is 11.2. The molecule has 0 spiro atoms. The summed E-state index contributed by atoms with van der Waals surface area (Å²) in [5.41, 5.74) is 1.82. The van der Waals surface area contributed by atoms with E-state index in [4.69, 9.17) is 26.1 Å². The minimum absolute atomic E-state index is 0.401. The average Bonchev–Trinajstić information content (AvgIpc) is 2.66. The third kappa shape index (κ3) is 2.37. The second-order valence-electron chi connectivity index (χ2n) is 5.67. The van der Waals surface area contributed by atoms with E-state index in [2.05, 4.69) is 0 Å². The molecule has 4 nitrogen and oxygen atoms in total. The van der Waals surface area contributed by atoms with Crippen molar-refractivity contribution < 1.29 is 14.3 Å². The largest absolute Gasteiger partial charge is 0.497 e. The van der Waals surface area contributed by atoms with Gasteiger partial charge < -0.3 is 9.47 Å². The first kappa shape index (κ1) is 15.7. The number of aromatic nitrogens is 1. The van der Waals surface area contributed by atoms with Crippen LogP contribution in [0, 0.1) is 0 Å². The van der Waals surface area contributed by atoms with Gasteiger partial charge in [-0.2, -0.15) is 0 Å². The van der Waals surface area contributed by atoms with E-state index in [1.165, 1.54) is 7.11 Å². The molecule has 5 heteroatoms. The summed E-state index contributed by atoms with van der Waals surface area (Å²) in [6.45, 7) is 0. The Kier molecular flexibility index (Phi) is 3.70. The van der Waals surface area contributed by atoms with Crippen LogP contribution >= 0.6 is 11.6 Å². The SMILES string of the molecule is COC(=O)c1cc2ccc(OC)cc2c2nc3ccccc3c(Cl)c12. The van der Waals surface area contributed by atoms with Crippen molar-refractivity contribution in [2.24, 2.45) is 0 Å². The van der Waals surface area contributed by atoms with Gasteiger partial charge in [0, 0.05) is 16.2 Å². The fourth-order valence-electron chi connectivity index (χ4n) is 3.10. The van der Waals surface area contributed by atoms with Crippen LogP contribution in [0.25, 0.3) is 32.6 Å². The second-order valence-corrected chi connectivity index (χ2v) is 6.05. The van der Waals surface area contributed by atoms with Crippen LogP contribution in [0.3, 0.4) is 0 Å². The van der Waals surface area contributed by atoms with Crippen LogP contribution < -0.4 is 4.74 Å². The number of halogens is 1. The third-order valence-electron chi connectivity index (χ3n) is 4.32. The van der Waals surface area contributed by atoms with Gasteiger partial charge in [0.1, 0.15) is 5.75 Å². The van der Waals surface area contributed by atoms with E-state index in [9.17, 15) is 4.79 Å². The number of hydrogen-bond acceptors (Lipinski definition) is 4. The van der Waals surface area contributed by atoms with E-state index >= 15 is 0 Å². The minimum Gasteiger partial charge on any atom is -0.497 e. The van der Waals surface area contributed by atoms with Gasteiger partial charge in [-0.3, -0.25) is 0 Å². The number of rotatable bonds is 2. The highest BCUT2D eigenvalue weighted by Crippen LogP contribution is 2.38. The maximum atomic E-state index is 12.3. The van der Waals surface area contributed by atoms with E-state index in [0.717, 1.165) is 21.7 Å². The summed E-state index contributed by atoms with van der Waals surface area (Å²) >= 11 is 6.68. The fraction of sp³-hybridized carbons (Fsp3) is 0.100. The Labute approximate surface area is 148 Å². The van der Waals surface area contributed by atoms with Crippen molar-refractivity contribution in [3.63, 3.8) is 0 Å². The zero-order valence-corrected chi connectivity index (χ0v) is 14.4. The van der Waals surface area contributed by atoms with E-state index in [0.29, 0.717) is 27.2 Å². The molecule has 0 unspecified atom stereocenters. The van der Waals surface area contributed by atoms with Gasteiger partial charge in [-0.25, -0.2) is 9.78 Å². The van der Waals surface area contributed by atoms with Crippen LogP contribution in [0.4, 0.5) is 0 Å². The van der Waals surface area contributed by atoms with E-state index in [1.54, 1.807) is 13.2 Å². The highest BCUT2D eigenvalue weighted by atomic mass is 35.5. The number of pyridine rings is 1. The van der Waals surface area contributed by atoms with Gasteiger partial charge in [0.25, 0.3) is 0 Å². The molecular formula is C20H14ClNO3. The lowest BCUT2D eigenvalue weighted by molar-refractivity contribution is 0.0603. The number of para-hydroxylation sites is 1. The Morgan fingerprint density at radius 1 is 1.04 bits per heavy atom. The molecule has 0 aliphatic carbocycles. The number of nitrogens with zero attached hydrogens (tertiary/aromatic N) is 1. The Hall–Kier alpha value is -2.85. The van der Waals surface area contributed by atoms with Crippen molar-refractivity contribution in [1.82, 2.24) is 4.98 Å². The van der Waals surface area contributed by atoms with Crippen LogP contribution in [-0.2, 0) is 4.74 Å². The van der Waals surface area contributed by atoms with E-state index < -0.39 is 5.97 Å². The minimum atomic E-state index is -0.443. The Bertz CT molecular complexity index is 1150. The molecule has 0 atom stereocenters. The lowest BCUT2D eigenvalue weighted by Crippen LogP contribution is -2.04. The molecule has 25 heavy (non-hydrogen) atoms. The molecule has 0 saturated carbocycles. The fourth-order valence-corrected chi connectivity index (χ4v) is 3.46. The number of carbonyl (C=O) groups excluding carboxylic acids is 1. The van der Waals surface area contributed by atoms with Gasteiger partial charge in [-0.1, -0.05) is 35.9 Å². The summed E-state index contributed by atoms with van der Waals surface area (Å²) in [7, 11) is 2.97. The van der Waals surface area contributed by atoms with Gasteiger partial charge in [0.05, 0.1) is 35.8 Å². The molecule has 0 N–H and O–H groups in total. The molecule has 0 aliphatic heterocycles. The molecular weight excluding hydrogens is 338 g/mol. The summed E-state index contributed by atoms with van der Waals surface area (Å²) in [6.07, 6.45) is 0. The van der Waals surface area contributed by atoms with Crippen molar-refractivity contribution in [3.8, 4) is 5.75 Å². The molecule has 124 valence electrons. The predicted octanol–water partition coefficient (Wildman–Crippen LogP) is 4.99. The third-order valence-corrected chi connectivity index (χ3v) is 4.71. The molecule has 4 rings (SSSR count). The molecule has 3 aromatic carbocycles.